The molecule has 1 aromatic carbocycles. The number of nitrogens with one attached hydrogen (secondary N) is 1. The molecular formula is C16H17FN4. The van der Waals surface area contributed by atoms with E-state index in [9.17, 15) is 4.39 Å². The smallest absolute Gasteiger partial charge is 0.126 e. The summed E-state index contributed by atoms with van der Waals surface area (Å²) in [6, 6.07) is 6.90. The summed E-state index contributed by atoms with van der Waals surface area (Å²) < 4.78 is 15.7. The highest BCUT2D eigenvalue weighted by molar-refractivity contribution is 5.53. The minimum atomic E-state index is -0.171. The lowest BCUT2D eigenvalue weighted by Crippen LogP contribution is -2.23. The fourth-order valence-corrected chi connectivity index (χ4v) is 2.54. The number of benzene rings is 1. The van der Waals surface area contributed by atoms with Crippen molar-refractivity contribution in [1.29, 1.82) is 0 Å². The summed E-state index contributed by atoms with van der Waals surface area (Å²) in [5, 5.41) is 7.73. The van der Waals surface area contributed by atoms with Gasteiger partial charge < -0.3 is 5.32 Å². The van der Waals surface area contributed by atoms with Crippen LogP contribution < -0.4 is 5.32 Å². The molecule has 4 nitrogen and oxygen atoms in total. The average molecular weight is 284 g/mol. The maximum absolute atomic E-state index is 13.9. The van der Waals surface area contributed by atoms with E-state index >= 15 is 0 Å². The van der Waals surface area contributed by atoms with Crippen molar-refractivity contribution in [2.75, 3.05) is 6.54 Å². The molecule has 3 aromatic rings. The Morgan fingerprint density at radius 1 is 1.29 bits per heavy atom. The molecule has 0 fully saturated rings. The fourth-order valence-electron chi connectivity index (χ4n) is 2.54. The van der Waals surface area contributed by atoms with Crippen molar-refractivity contribution >= 4 is 5.52 Å². The normalized spacial score (nSPS) is 12.7. The molecule has 2 aromatic heterocycles. The SMILES string of the molecule is CCNC(Cc1ccccc1F)c1cnn2ccncc12. The van der Waals surface area contributed by atoms with Gasteiger partial charge in [-0.3, -0.25) is 4.98 Å². The summed E-state index contributed by atoms with van der Waals surface area (Å²) in [6.45, 7) is 2.84. The minimum absolute atomic E-state index is 0.00796. The summed E-state index contributed by atoms with van der Waals surface area (Å²) >= 11 is 0. The predicted molar refractivity (Wildman–Crippen MR) is 79.5 cm³/mol. The first-order valence-corrected chi connectivity index (χ1v) is 7.03. The number of hydrogen-bond acceptors (Lipinski definition) is 3. The highest BCUT2D eigenvalue weighted by atomic mass is 19.1. The van der Waals surface area contributed by atoms with Crippen molar-refractivity contribution in [2.24, 2.45) is 0 Å². The number of fused-ring (bicyclic) bond motifs is 1. The third kappa shape index (κ3) is 2.78. The van der Waals surface area contributed by atoms with E-state index in [0.29, 0.717) is 12.0 Å². The highest BCUT2D eigenvalue weighted by Gasteiger charge is 2.17. The van der Waals surface area contributed by atoms with E-state index in [1.54, 1.807) is 23.0 Å². The van der Waals surface area contributed by atoms with Crippen LogP contribution in [0.5, 0.6) is 0 Å². The van der Waals surface area contributed by atoms with E-state index < -0.39 is 0 Å². The zero-order valence-electron chi connectivity index (χ0n) is 11.8. The number of nitrogens with zero attached hydrogens (tertiary/aromatic N) is 3. The summed E-state index contributed by atoms with van der Waals surface area (Å²) in [5.41, 5.74) is 2.68. The second-order valence-electron chi connectivity index (χ2n) is 4.91. The molecule has 0 aliphatic heterocycles. The first kappa shape index (κ1) is 13.7. The fraction of sp³-hybridized carbons (Fsp3) is 0.250. The lowest BCUT2D eigenvalue weighted by Gasteiger charge is -2.17. The second-order valence-corrected chi connectivity index (χ2v) is 4.91. The van der Waals surface area contributed by atoms with Crippen LogP contribution in [0.4, 0.5) is 4.39 Å². The number of hydrogen-bond donors (Lipinski definition) is 1. The first-order chi connectivity index (χ1) is 10.3. The van der Waals surface area contributed by atoms with Crippen LogP contribution in [0.3, 0.4) is 0 Å². The first-order valence-electron chi connectivity index (χ1n) is 7.03. The van der Waals surface area contributed by atoms with Crippen molar-refractivity contribution in [3.05, 3.63) is 66.0 Å². The zero-order valence-corrected chi connectivity index (χ0v) is 11.8. The molecule has 0 radical (unpaired) electrons. The Morgan fingerprint density at radius 2 is 2.14 bits per heavy atom. The third-order valence-electron chi connectivity index (χ3n) is 3.56. The van der Waals surface area contributed by atoms with Gasteiger partial charge in [0.1, 0.15) is 5.82 Å². The van der Waals surface area contributed by atoms with Gasteiger partial charge in [0.05, 0.1) is 17.9 Å². The third-order valence-corrected chi connectivity index (χ3v) is 3.56. The number of aromatic nitrogens is 3. The Balaban J connectivity index is 1.96. The monoisotopic (exact) mass is 284 g/mol. The van der Waals surface area contributed by atoms with Gasteiger partial charge in [-0.1, -0.05) is 25.1 Å². The Morgan fingerprint density at radius 3 is 2.95 bits per heavy atom. The molecule has 1 atom stereocenters. The maximum Gasteiger partial charge on any atom is 0.126 e. The van der Waals surface area contributed by atoms with Gasteiger partial charge in [-0.2, -0.15) is 5.10 Å². The maximum atomic E-state index is 13.9. The molecule has 108 valence electrons. The molecular weight excluding hydrogens is 267 g/mol. The van der Waals surface area contributed by atoms with E-state index in [-0.39, 0.29) is 11.9 Å². The largest absolute Gasteiger partial charge is 0.310 e. The van der Waals surface area contributed by atoms with Gasteiger partial charge >= 0.3 is 0 Å². The van der Waals surface area contributed by atoms with Crippen LogP contribution in [0.25, 0.3) is 5.52 Å². The van der Waals surface area contributed by atoms with Crippen molar-refractivity contribution in [2.45, 2.75) is 19.4 Å². The number of likely N-dealkylation sites (N-methyl/N-ethyl adjacent to an activating group) is 1. The van der Waals surface area contributed by atoms with Crippen molar-refractivity contribution < 1.29 is 4.39 Å². The lowest BCUT2D eigenvalue weighted by molar-refractivity contribution is 0.530. The summed E-state index contributed by atoms with van der Waals surface area (Å²) in [6.07, 6.45) is 7.70. The van der Waals surface area contributed by atoms with Crippen molar-refractivity contribution in [3.8, 4) is 0 Å². The molecule has 0 saturated carbocycles. The van der Waals surface area contributed by atoms with Crippen LogP contribution in [0.2, 0.25) is 0 Å². The van der Waals surface area contributed by atoms with Crippen LogP contribution in [-0.2, 0) is 6.42 Å². The van der Waals surface area contributed by atoms with E-state index in [0.717, 1.165) is 17.6 Å². The Labute approximate surface area is 122 Å². The summed E-state index contributed by atoms with van der Waals surface area (Å²) in [5.74, 6) is -0.171. The lowest BCUT2D eigenvalue weighted by atomic mass is 10.00. The molecule has 5 heteroatoms. The van der Waals surface area contributed by atoms with Gasteiger partial charge in [0.25, 0.3) is 0 Å². The van der Waals surface area contributed by atoms with Crippen LogP contribution in [0.1, 0.15) is 24.1 Å². The molecule has 0 aliphatic rings. The van der Waals surface area contributed by atoms with Crippen LogP contribution in [0.15, 0.2) is 49.1 Å². The Kier molecular flexibility index (Phi) is 3.92. The highest BCUT2D eigenvalue weighted by Crippen LogP contribution is 2.23. The van der Waals surface area contributed by atoms with Crippen LogP contribution >= 0.6 is 0 Å². The van der Waals surface area contributed by atoms with Crippen molar-refractivity contribution in [1.82, 2.24) is 19.9 Å². The van der Waals surface area contributed by atoms with Gasteiger partial charge in [0.2, 0.25) is 0 Å². The van der Waals surface area contributed by atoms with Gasteiger partial charge in [-0.15, -0.1) is 0 Å². The molecule has 1 unspecified atom stereocenters. The van der Waals surface area contributed by atoms with Gasteiger partial charge in [0.15, 0.2) is 0 Å². The van der Waals surface area contributed by atoms with Crippen LogP contribution in [-0.4, -0.2) is 21.1 Å². The number of rotatable bonds is 5. The molecule has 0 bridgehead atoms. The average Bonchev–Trinajstić information content (AvgIpc) is 2.93. The molecule has 0 saturated heterocycles. The van der Waals surface area contributed by atoms with Gasteiger partial charge in [0, 0.05) is 24.0 Å². The standard InChI is InChI=1S/C16H17FN4/c1-2-19-15(9-12-5-3-4-6-14(12)17)13-10-20-21-8-7-18-11-16(13)21/h3-8,10-11,15,19H,2,9H2,1H3. The number of halogens is 1. The molecule has 2 heterocycles. The van der Waals surface area contributed by atoms with E-state index in [4.69, 9.17) is 0 Å². The quantitative estimate of drug-likeness (QED) is 0.783. The predicted octanol–water partition coefficient (Wildman–Crippen LogP) is 2.76. The summed E-state index contributed by atoms with van der Waals surface area (Å²) in [4.78, 5) is 4.15. The molecule has 1 N–H and O–H groups in total. The topological polar surface area (TPSA) is 42.2 Å². The molecule has 0 spiro atoms. The molecule has 0 aliphatic carbocycles. The van der Waals surface area contributed by atoms with E-state index in [1.165, 1.54) is 6.07 Å². The minimum Gasteiger partial charge on any atom is -0.310 e. The van der Waals surface area contributed by atoms with E-state index in [2.05, 4.69) is 15.4 Å². The summed E-state index contributed by atoms with van der Waals surface area (Å²) in [7, 11) is 0. The second kappa shape index (κ2) is 6.01. The Bertz CT molecular complexity index is 738. The van der Waals surface area contributed by atoms with Gasteiger partial charge in [-0.25, -0.2) is 8.91 Å². The zero-order chi connectivity index (χ0) is 14.7. The van der Waals surface area contributed by atoms with Crippen molar-refractivity contribution in [3.63, 3.8) is 0 Å². The molecule has 0 amide bonds. The Hall–Kier alpha value is -2.27. The van der Waals surface area contributed by atoms with E-state index in [1.807, 2.05) is 31.5 Å². The molecule has 21 heavy (non-hydrogen) atoms. The molecule has 3 rings (SSSR count). The van der Waals surface area contributed by atoms with Gasteiger partial charge in [-0.05, 0) is 24.6 Å². The van der Waals surface area contributed by atoms with Crippen LogP contribution in [0, 0.1) is 5.82 Å².